The van der Waals surface area contributed by atoms with E-state index >= 15 is 0 Å². The van der Waals surface area contributed by atoms with Crippen molar-refractivity contribution in [2.45, 2.75) is 26.3 Å². The van der Waals surface area contributed by atoms with Crippen molar-refractivity contribution in [3.8, 4) is 0 Å². The molecule has 0 aromatic carbocycles. The summed E-state index contributed by atoms with van der Waals surface area (Å²) < 4.78 is 0. The highest BCUT2D eigenvalue weighted by atomic mass is 16.1. The quantitative estimate of drug-likeness (QED) is 0.753. The highest BCUT2D eigenvalue weighted by molar-refractivity contribution is 5.92. The molecule has 4 heteroatoms. The Morgan fingerprint density at radius 1 is 1.69 bits per heavy atom. The van der Waals surface area contributed by atoms with Crippen molar-refractivity contribution in [2.75, 3.05) is 0 Å². The first-order chi connectivity index (χ1) is 6.24. The van der Waals surface area contributed by atoms with Crippen molar-refractivity contribution in [2.24, 2.45) is 0 Å². The van der Waals surface area contributed by atoms with Gasteiger partial charge < -0.3 is 5.32 Å². The fourth-order valence-electron chi connectivity index (χ4n) is 0.822. The van der Waals surface area contributed by atoms with Gasteiger partial charge in [-0.25, -0.2) is 0 Å². The molecule has 0 radical (unpaired) electrons. The van der Waals surface area contributed by atoms with Gasteiger partial charge in [0.2, 0.25) is 0 Å². The second-order valence-corrected chi connectivity index (χ2v) is 2.89. The van der Waals surface area contributed by atoms with Crippen LogP contribution in [0, 0.1) is 0 Å². The first-order valence-corrected chi connectivity index (χ1v) is 4.32. The summed E-state index contributed by atoms with van der Waals surface area (Å²) in [4.78, 5) is 11.4. The van der Waals surface area contributed by atoms with Crippen LogP contribution in [-0.2, 0) is 0 Å². The Morgan fingerprint density at radius 2 is 2.46 bits per heavy atom. The van der Waals surface area contributed by atoms with Crippen LogP contribution in [0.15, 0.2) is 18.3 Å². The van der Waals surface area contributed by atoms with Gasteiger partial charge in [0, 0.05) is 12.2 Å². The normalized spacial score (nSPS) is 12.2. The third-order valence-corrected chi connectivity index (χ3v) is 1.79. The lowest BCUT2D eigenvalue weighted by Crippen LogP contribution is -2.32. The van der Waals surface area contributed by atoms with Crippen LogP contribution in [0.2, 0.25) is 0 Å². The zero-order chi connectivity index (χ0) is 9.68. The fraction of sp³-hybridized carbons (Fsp3) is 0.444. The number of nitrogens with zero attached hydrogens (tertiary/aromatic N) is 2. The minimum Gasteiger partial charge on any atom is -0.348 e. The zero-order valence-electron chi connectivity index (χ0n) is 7.82. The minimum atomic E-state index is -0.164. The molecule has 70 valence electrons. The summed E-state index contributed by atoms with van der Waals surface area (Å²) >= 11 is 0. The molecule has 4 nitrogen and oxygen atoms in total. The van der Waals surface area contributed by atoms with Crippen LogP contribution < -0.4 is 5.32 Å². The highest BCUT2D eigenvalue weighted by Gasteiger charge is 2.08. The van der Waals surface area contributed by atoms with Crippen LogP contribution in [0.4, 0.5) is 0 Å². The number of aromatic nitrogens is 2. The molecule has 0 aliphatic heterocycles. The predicted molar refractivity (Wildman–Crippen MR) is 49.3 cm³/mol. The van der Waals surface area contributed by atoms with Gasteiger partial charge in [-0.05, 0) is 25.5 Å². The van der Waals surface area contributed by atoms with Gasteiger partial charge >= 0.3 is 0 Å². The average molecular weight is 179 g/mol. The molecule has 13 heavy (non-hydrogen) atoms. The standard InChI is InChI=1S/C9H13N3O/c1-3-7(2)11-9(13)8-5-4-6-10-12-8/h4-7H,3H2,1-2H3,(H,11,13). The van der Waals surface area contributed by atoms with Gasteiger partial charge in [0.25, 0.3) is 5.91 Å². The summed E-state index contributed by atoms with van der Waals surface area (Å²) in [6, 6.07) is 3.51. The van der Waals surface area contributed by atoms with E-state index in [2.05, 4.69) is 15.5 Å². The predicted octanol–water partition coefficient (Wildman–Crippen LogP) is 1.00. The zero-order valence-corrected chi connectivity index (χ0v) is 7.82. The molecule has 0 saturated heterocycles. The van der Waals surface area contributed by atoms with E-state index in [1.807, 2.05) is 13.8 Å². The Labute approximate surface area is 77.4 Å². The Hall–Kier alpha value is -1.45. The summed E-state index contributed by atoms with van der Waals surface area (Å²) in [6.45, 7) is 3.97. The molecule has 0 bridgehead atoms. The smallest absolute Gasteiger partial charge is 0.272 e. The summed E-state index contributed by atoms with van der Waals surface area (Å²) in [5.41, 5.74) is 0.364. The third-order valence-electron chi connectivity index (χ3n) is 1.79. The Morgan fingerprint density at radius 3 is 3.00 bits per heavy atom. The van der Waals surface area contributed by atoms with E-state index < -0.39 is 0 Å². The van der Waals surface area contributed by atoms with Gasteiger partial charge in [-0.1, -0.05) is 6.92 Å². The van der Waals surface area contributed by atoms with Crippen molar-refractivity contribution in [3.05, 3.63) is 24.0 Å². The van der Waals surface area contributed by atoms with Crippen molar-refractivity contribution < 1.29 is 4.79 Å². The number of hydrogen-bond acceptors (Lipinski definition) is 3. The third kappa shape index (κ3) is 2.82. The number of amides is 1. The second kappa shape index (κ2) is 4.54. The Balaban J connectivity index is 2.59. The number of carbonyl (C=O) groups excluding carboxylic acids is 1. The molecule has 1 rings (SSSR count). The molecule has 1 N–H and O–H groups in total. The van der Waals surface area contributed by atoms with E-state index in [0.29, 0.717) is 5.69 Å². The fourth-order valence-corrected chi connectivity index (χ4v) is 0.822. The van der Waals surface area contributed by atoms with Crippen LogP contribution in [0.3, 0.4) is 0 Å². The molecule has 1 unspecified atom stereocenters. The maximum Gasteiger partial charge on any atom is 0.272 e. The lowest BCUT2D eigenvalue weighted by atomic mass is 10.2. The molecule has 0 saturated carbocycles. The summed E-state index contributed by atoms with van der Waals surface area (Å²) in [5, 5.41) is 10.1. The van der Waals surface area contributed by atoms with Gasteiger partial charge in [-0.3, -0.25) is 4.79 Å². The SMILES string of the molecule is CCC(C)NC(=O)c1cccnn1. The summed E-state index contributed by atoms with van der Waals surface area (Å²) in [6.07, 6.45) is 2.45. The first-order valence-electron chi connectivity index (χ1n) is 4.32. The molecule has 1 atom stereocenters. The van der Waals surface area contributed by atoms with Crippen LogP contribution in [0.25, 0.3) is 0 Å². The molecular formula is C9H13N3O. The molecule has 1 aromatic rings. The minimum absolute atomic E-state index is 0.164. The van der Waals surface area contributed by atoms with E-state index in [4.69, 9.17) is 0 Å². The van der Waals surface area contributed by atoms with Gasteiger partial charge in [0.15, 0.2) is 5.69 Å². The van der Waals surface area contributed by atoms with Gasteiger partial charge in [-0.2, -0.15) is 5.10 Å². The van der Waals surface area contributed by atoms with Crippen LogP contribution >= 0.6 is 0 Å². The molecule has 0 fully saturated rings. The Kier molecular flexibility index (Phi) is 3.37. The van der Waals surface area contributed by atoms with Crippen LogP contribution in [0.5, 0.6) is 0 Å². The Bertz CT molecular complexity index is 273. The van der Waals surface area contributed by atoms with E-state index in [-0.39, 0.29) is 11.9 Å². The molecular weight excluding hydrogens is 166 g/mol. The van der Waals surface area contributed by atoms with Crippen molar-refractivity contribution in [3.63, 3.8) is 0 Å². The van der Waals surface area contributed by atoms with Gasteiger partial charge in [-0.15, -0.1) is 5.10 Å². The lowest BCUT2D eigenvalue weighted by molar-refractivity contribution is 0.0933. The molecule has 0 spiro atoms. The number of hydrogen-bond donors (Lipinski definition) is 1. The van der Waals surface area contributed by atoms with Crippen molar-refractivity contribution in [1.82, 2.24) is 15.5 Å². The largest absolute Gasteiger partial charge is 0.348 e. The van der Waals surface area contributed by atoms with Gasteiger partial charge in [0.05, 0.1) is 0 Å². The highest BCUT2D eigenvalue weighted by Crippen LogP contribution is 1.94. The average Bonchev–Trinajstić information content (AvgIpc) is 2.19. The molecule has 1 amide bonds. The lowest BCUT2D eigenvalue weighted by Gasteiger charge is -2.09. The van der Waals surface area contributed by atoms with Crippen LogP contribution in [-0.4, -0.2) is 22.1 Å². The number of rotatable bonds is 3. The van der Waals surface area contributed by atoms with E-state index in [9.17, 15) is 4.79 Å². The van der Waals surface area contributed by atoms with E-state index in [0.717, 1.165) is 6.42 Å². The molecule has 0 aliphatic rings. The molecule has 1 heterocycles. The van der Waals surface area contributed by atoms with Crippen LogP contribution in [0.1, 0.15) is 30.8 Å². The summed E-state index contributed by atoms with van der Waals surface area (Å²) in [7, 11) is 0. The second-order valence-electron chi connectivity index (χ2n) is 2.89. The maximum absolute atomic E-state index is 11.4. The maximum atomic E-state index is 11.4. The van der Waals surface area contributed by atoms with E-state index in [1.54, 1.807) is 18.3 Å². The number of nitrogens with one attached hydrogen (secondary N) is 1. The molecule has 0 aliphatic carbocycles. The van der Waals surface area contributed by atoms with Crippen molar-refractivity contribution >= 4 is 5.91 Å². The summed E-state index contributed by atoms with van der Waals surface area (Å²) in [5.74, 6) is -0.164. The molecule has 1 aromatic heterocycles. The first kappa shape index (κ1) is 9.64. The van der Waals surface area contributed by atoms with Crippen molar-refractivity contribution in [1.29, 1.82) is 0 Å². The van der Waals surface area contributed by atoms with E-state index in [1.165, 1.54) is 0 Å². The number of carbonyl (C=O) groups is 1. The topological polar surface area (TPSA) is 54.9 Å². The van der Waals surface area contributed by atoms with Gasteiger partial charge in [0.1, 0.15) is 0 Å². The monoisotopic (exact) mass is 179 g/mol.